The summed E-state index contributed by atoms with van der Waals surface area (Å²) < 4.78 is 0. The molecule has 0 bridgehead atoms. The molecule has 78 valence electrons. The first-order valence-corrected chi connectivity index (χ1v) is 5.34. The van der Waals surface area contributed by atoms with Crippen molar-refractivity contribution in [2.24, 2.45) is 0 Å². The van der Waals surface area contributed by atoms with Crippen molar-refractivity contribution < 1.29 is 0 Å². The summed E-state index contributed by atoms with van der Waals surface area (Å²) >= 11 is 1.62. The largest absolute Gasteiger partial charge is 0.382 e. The fraction of sp³-hybridized carbons (Fsp3) is 0.222. The Bertz CT molecular complexity index is 453. The van der Waals surface area contributed by atoms with Gasteiger partial charge in [0.1, 0.15) is 16.6 Å². The van der Waals surface area contributed by atoms with Gasteiger partial charge in [0, 0.05) is 11.1 Å². The molecule has 0 saturated carbocycles. The van der Waals surface area contributed by atoms with Gasteiger partial charge >= 0.3 is 0 Å². The third kappa shape index (κ3) is 2.63. The lowest BCUT2D eigenvalue weighted by molar-refractivity contribution is 1.05. The van der Waals surface area contributed by atoms with Gasteiger partial charge in [-0.15, -0.1) is 11.3 Å². The molecule has 2 aromatic rings. The molecule has 0 aliphatic heterocycles. The van der Waals surface area contributed by atoms with Crippen molar-refractivity contribution in [1.29, 1.82) is 0 Å². The molecule has 0 unspecified atom stereocenters. The molecule has 2 heterocycles. The van der Waals surface area contributed by atoms with Crippen molar-refractivity contribution in [3.63, 3.8) is 0 Å². The quantitative estimate of drug-likeness (QED) is 0.820. The van der Waals surface area contributed by atoms with Crippen LogP contribution in [-0.4, -0.2) is 15.0 Å². The number of hydrogen-bond donors (Lipinski definition) is 2. The van der Waals surface area contributed by atoms with Gasteiger partial charge in [0.05, 0.1) is 18.9 Å². The van der Waals surface area contributed by atoms with Gasteiger partial charge < -0.3 is 11.1 Å². The molecule has 0 spiro atoms. The van der Waals surface area contributed by atoms with E-state index < -0.39 is 0 Å². The molecule has 0 aromatic carbocycles. The number of aromatic nitrogens is 3. The molecule has 0 atom stereocenters. The standard InChI is InChI=1S/C9H11N5S/c1-6-5-15-9(13-6)4-12-8-3-11-2-7(10)14-8/h2-3,5H,4H2,1H3,(H3,10,12,14). The minimum atomic E-state index is 0.412. The highest BCUT2D eigenvalue weighted by Gasteiger charge is 1.99. The van der Waals surface area contributed by atoms with E-state index >= 15 is 0 Å². The first-order chi connectivity index (χ1) is 7.24. The summed E-state index contributed by atoms with van der Waals surface area (Å²) in [5.74, 6) is 1.08. The van der Waals surface area contributed by atoms with E-state index in [-0.39, 0.29) is 0 Å². The second-order valence-electron chi connectivity index (χ2n) is 3.07. The average Bonchev–Trinajstić information content (AvgIpc) is 2.62. The summed E-state index contributed by atoms with van der Waals surface area (Å²) in [7, 11) is 0. The predicted molar refractivity (Wildman–Crippen MR) is 60.6 cm³/mol. The maximum atomic E-state index is 5.51. The number of nitrogens with zero attached hydrogens (tertiary/aromatic N) is 3. The lowest BCUT2D eigenvalue weighted by atomic mass is 10.5. The Morgan fingerprint density at radius 1 is 1.40 bits per heavy atom. The van der Waals surface area contributed by atoms with Gasteiger partial charge in [-0.05, 0) is 6.92 Å². The van der Waals surface area contributed by atoms with Crippen molar-refractivity contribution in [2.45, 2.75) is 13.5 Å². The number of hydrogen-bond acceptors (Lipinski definition) is 6. The third-order valence-corrected chi connectivity index (χ3v) is 2.71. The molecule has 0 radical (unpaired) electrons. The zero-order valence-corrected chi connectivity index (χ0v) is 9.08. The van der Waals surface area contributed by atoms with E-state index in [1.165, 1.54) is 6.20 Å². The summed E-state index contributed by atoms with van der Waals surface area (Å²) in [4.78, 5) is 12.3. The average molecular weight is 221 g/mol. The first kappa shape index (κ1) is 9.85. The van der Waals surface area contributed by atoms with Crippen molar-refractivity contribution in [1.82, 2.24) is 15.0 Å². The van der Waals surface area contributed by atoms with E-state index in [1.54, 1.807) is 17.5 Å². The monoisotopic (exact) mass is 221 g/mol. The smallest absolute Gasteiger partial charge is 0.147 e. The Labute approximate surface area is 91.4 Å². The highest BCUT2D eigenvalue weighted by Crippen LogP contribution is 2.11. The van der Waals surface area contributed by atoms with Crippen molar-refractivity contribution in [2.75, 3.05) is 11.1 Å². The number of aryl methyl sites for hydroxylation is 1. The summed E-state index contributed by atoms with van der Waals surface area (Å²) in [6.07, 6.45) is 3.15. The molecule has 0 fully saturated rings. The van der Waals surface area contributed by atoms with Crippen LogP contribution in [0.15, 0.2) is 17.8 Å². The van der Waals surface area contributed by atoms with Crippen LogP contribution in [-0.2, 0) is 6.54 Å². The minimum Gasteiger partial charge on any atom is -0.382 e. The van der Waals surface area contributed by atoms with E-state index in [9.17, 15) is 0 Å². The van der Waals surface area contributed by atoms with Crippen LogP contribution in [0.4, 0.5) is 11.6 Å². The third-order valence-electron chi connectivity index (χ3n) is 1.74. The summed E-state index contributed by atoms with van der Waals surface area (Å²) in [6.45, 7) is 2.62. The Kier molecular flexibility index (Phi) is 2.77. The molecule has 0 aliphatic carbocycles. The molecule has 15 heavy (non-hydrogen) atoms. The maximum Gasteiger partial charge on any atom is 0.147 e. The van der Waals surface area contributed by atoms with Crippen LogP contribution in [0, 0.1) is 6.92 Å². The molecule has 0 amide bonds. The van der Waals surface area contributed by atoms with E-state index in [0.29, 0.717) is 18.2 Å². The summed E-state index contributed by atoms with van der Waals surface area (Å²) in [6, 6.07) is 0. The Balaban J connectivity index is 1.99. The molecule has 6 heteroatoms. The molecular formula is C9H11N5S. The lowest BCUT2D eigenvalue weighted by Gasteiger charge is -2.02. The van der Waals surface area contributed by atoms with Gasteiger partial charge in [0.25, 0.3) is 0 Å². The number of nitrogens with one attached hydrogen (secondary N) is 1. The number of nitrogens with two attached hydrogens (primary N) is 1. The second-order valence-corrected chi connectivity index (χ2v) is 4.01. The van der Waals surface area contributed by atoms with E-state index in [2.05, 4.69) is 20.3 Å². The van der Waals surface area contributed by atoms with Crippen LogP contribution in [0.25, 0.3) is 0 Å². The zero-order chi connectivity index (χ0) is 10.7. The van der Waals surface area contributed by atoms with Crippen molar-refractivity contribution in [3.05, 3.63) is 28.5 Å². The topological polar surface area (TPSA) is 76.7 Å². The summed E-state index contributed by atoms with van der Waals surface area (Å²) in [5.41, 5.74) is 6.54. The SMILES string of the molecule is Cc1csc(CNc2cncc(N)n2)n1. The predicted octanol–water partition coefficient (Wildman–Crippen LogP) is 1.44. The van der Waals surface area contributed by atoms with Gasteiger partial charge in [0.15, 0.2) is 0 Å². The van der Waals surface area contributed by atoms with Crippen LogP contribution in [0.2, 0.25) is 0 Å². The number of thiazole rings is 1. The van der Waals surface area contributed by atoms with Gasteiger partial charge in [-0.1, -0.05) is 0 Å². The number of anilines is 2. The van der Waals surface area contributed by atoms with Crippen molar-refractivity contribution >= 4 is 23.0 Å². The van der Waals surface area contributed by atoms with Gasteiger partial charge in [-0.2, -0.15) is 0 Å². The Hall–Kier alpha value is -1.69. The van der Waals surface area contributed by atoms with Crippen LogP contribution in [0.5, 0.6) is 0 Å². The summed E-state index contributed by atoms with van der Waals surface area (Å²) in [5, 5.41) is 6.15. The van der Waals surface area contributed by atoms with E-state index in [1.807, 2.05) is 12.3 Å². The van der Waals surface area contributed by atoms with Gasteiger partial charge in [-0.25, -0.2) is 9.97 Å². The lowest BCUT2D eigenvalue weighted by Crippen LogP contribution is -2.03. The number of nitrogen functional groups attached to an aromatic ring is 1. The molecule has 3 N–H and O–H groups in total. The molecule has 0 saturated heterocycles. The molecular weight excluding hydrogens is 210 g/mol. The van der Waals surface area contributed by atoms with Crippen LogP contribution in [0.1, 0.15) is 10.7 Å². The zero-order valence-electron chi connectivity index (χ0n) is 8.27. The van der Waals surface area contributed by atoms with E-state index in [0.717, 1.165) is 10.7 Å². The van der Waals surface area contributed by atoms with Crippen LogP contribution >= 0.6 is 11.3 Å². The molecule has 0 aliphatic rings. The van der Waals surface area contributed by atoms with Gasteiger partial charge in [-0.3, -0.25) is 4.98 Å². The number of rotatable bonds is 3. The Morgan fingerprint density at radius 3 is 2.93 bits per heavy atom. The van der Waals surface area contributed by atoms with E-state index in [4.69, 9.17) is 5.73 Å². The molecule has 5 nitrogen and oxygen atoms in total. The maximum absolute atomic E-state index is 5.51. The van der Waals surface area contributed by atoms with Crippen LogP contribution < -0.4 is 11.1 Å². The fourth-order valence-corrected chi connectivity index (χ4v) is 1.83. The highest BCUT2D eigenvalue weighted by atomic mass is 32.1. The normalized spacial score (nSPS) is 10.2. The minimum absolute atomic E-state index is 0.412. The fourth-order valence-electron chi connectivity index (χ4n) is 1.12. The van der Waals surface area contributed by atoms with Crippen molar-refractivity contribution in [3.8, 4) is 0 Å². The Morgan fingerprint density at radius 2 is 2.27 bits per heavy atom. The molecule has 2 aromatic heterocycles. The second kappa shape index (κ2) is 4.22. The van der Waals surface area contributed by atoms with Gasteiger partial charge in [0.2, 0.25) is 0 Å². The highest BCUT2D eigenvalue weighted by molar-refractivity contribution is 7.09. The molecule has 2 rings (SSSR count). The van der Waals surface area contributed by atoms with Crippen LogP contribution in [0.3, 0.4) is 0 Å². The first-order valence-electron chi connectivity index (χ1n) is 4.46.